The van der Waals surface area contributed by atoms with Gasteiger partial charge in [0.15, 0.2) is 0 Å². The van der Waals surface area contributed by atoms with Crippen molar-refractivity contribution in [2.24, 2.45) is 0 Å². The van der Waals surface area contributed by atoms with Gasteiger partial charge in [-0.1, -0.05) is 19.9 Å². The predicted molar refractivity (Wildman–Crippen MR) is 74.2 cm³/mol. The first-order valence-electron chi connectivity index (χ1n) is 6.61. The van der Waals surface area contributed by atoms with Crippen LogP contribution in [-0.2, 0) is 6.54 Å². The molecule has 0 aliphatic rings. The molecule has 0 saturated carbocycles. The van der Waals surface area contributed by atoms with E-state index in [0.717, 1.165) is 37.6 Å². The summed E-state index contributed by atoms with van der Waals surface area (Å²) in [5.74, 6) is 0.990. The van der Waals surface area contributed by atoms with E-state index in [1.807, 2.05) is 6.07 Å². The molecule has 0 aliphatic heterocycles. The quantitative estimate of drug-likeness (QED) is 0.787. The monoisotopic (exact) mass is 235 g/mol. The van der Waals surface area contributed by atoms with Crippen LogP contribution in [0.3, 0.4) is 0 Å². The van der Waals surface area contributed by atoms with Crippen LogP contribution in [0.15, 0.2) is 18.2 Å². The second-order valence-corrected chi connectivity index (χ2v) is 4.60. The molecule has 0 fully saturated rings. The fourth-order valence-corrected chi connectivity index (χ4v) is 1.79. The summed E-state index contributed by atoms with van der Waals surface area (Å²) >= 11 is 0. The van der Waals surface area contributed by atoms with Crippen LogP contribution in [0, 0.1) is 0 Å². The lowest BCUT2D eigenvalue weighted by atomic mass is 10.2. The molecule has 1 heterocycles. The number of anilines is 1. The van der Waals surface area contributed by atoms with Crippen LogP contribution < -0.4 is 5.32 Å². The van der Waals surface area contributed by atoms with Crippen molar-refractivity contribution in [3.8, 4) is 0 Å². The molecule has 1 aromatic rings. The fourth-order valence-electron chi connectivity index (χ4n) is 1.79. The van der Waals surface area contributed by atoms with Gasteiger partial charge in [0, 0.05) is 19.1 Å². The third-order valence-electron chi connectivity index (χ3n) is 2.86. The van der Waals surface area contributed by atoms with Gasteiger partial charge in [0.05, 0.1) is 5.69 Å². The van der Waals surface area contributed by atoms with Gasteiger partial charge in [-0.25, -0.2) is 4.98 Å². The highest BCUT2D eigenvalue weighted by atomic mass is 15.1. The van der Waals surface area contributed by atoms with Gasteiger partial charge in [0.1, 0.15) is 5.82 Å². The number of hydrogen-bond donors (Lipinski definition) is 1. The average Bonchev–Trinajstić information content (AvgIpc) is 2.33. The molecule has 0 aliphatic carbocycles. The van der Waals surface area contributed by atoms with Crippen molar-refractivity contribution in [3.63, 3.8) is 0 Å². The van der Waals surface area contributed by atoms with Crippen LogP contribution in [0.4, 0.5) is 5.82 Å². The van der Waals surface area contributed by atoms with Crippen molar-refractivity contribution in [1.82, 2.24) is 9.88 Å². The highest BCUT2D eigenvalue weighted by molar-refractivity contribution is 5.35. The first-order valence-corrected chi connectivity index (χ1v) is 6.61. The molecular formula is C14H25N3. The third-order valence-corrected chi connectivity index (χ3v) is 2.86. The fraction of sp³-hybridized carbons (Fsp3) is 0.643. The zero-order valence-corrected chi connectivity index (χ0v) is 11.5. The number of pyridine rings is 1. The van der Waals surface area contributed by atoms with Crippen molar-refractivity contribution < 1.29 is 0 Å². The smallest absolute Gasteiger partial charge is 0.126 e. The van der Waals surface area contributed by atoms with Crippen LogP contribution in [0.5, 0.6) is 0 Å². The Hall–Kier alpha value is -1.09. The van der Waals surface area contributed by atoms with Crippen LogP contribution in [-0.4, -0.2) is 29.0 Å². The average molecular weight is 235 g/mol. The summed E-state index contributed by atoms with van der Waals surface area (Å²) in [5.41, 5.74) is 1.14. The zero-order chi connectivity index (χ0) is 12.7. The zero-order valence-electron chi connectivity index (χ0n) is 11.5. The van der Waals surface area contributed by atoms with Gasteiger partial charge in [-0.3, -0.25) is 4.90 Å². The largest absolute Gasteiger partial charge is 0.370 e. The van der Waals surface area contributed by atoms with E-state index in [1.54, 1.807) is 0 Å². The second-order valence-electron chi connectivity index (χ2n) is 4.60. The molecule has 17 heavy (non-hydrogen) atoms. The Balaban J connectivity index is 2.64. The molecule has 1 rings (SSSR count). The Morgan fingerprint density at radius 3 is 2.65 bits per heavy atom. The molecule has 1 N–H and O–H groups in total. The van der Waals surface area contributed by atoms with Gasteiger partial charge < -0.3 is 5.32 Å². The predicted octanol–water partition coefficient (Wildman–Crippen LogP) is 3.13. The summed E-state index contributed by atoms with van der Waals surface area (Å²) in [6.45, 7) is 11.8. The number of hydrogen-bond acceptors (Lipinski definition) is 3. The molecule has 0 amide bonds. The number of aromatic nitrogens is 1. The molecule has 0 bridgehead atoms. The topological polar surface area (TPSA) is 28.2 Å². The summed E-state index contributed by atoms with van der Waals surface area (Å²) in [4.78, 5) is 7.04. The van der Waals surface area contributed by atoms with Gasteiger partial charge in [0.25, 0.3) is 0 Å². The molecule has 0 spiro atoms. The molecule has 3 heteroatoms. The number of nitrogens with one attached hydrogen (secondary N) is 1. The van der Waals surface area contributed by atoms with E-state index >= 15 is 0 Å². The first kappa shape index (κ1) is 14.0. The molecule has 0 aromatic carbocycles. The Morgan fingerprint density at radius 1 is 1.29 bits per heavy atom. The van der Waals surface area contributed by atoms with Gasteiger partial charge in [-0.05, 0) is 38.9 Å². The van der Waals surface area contributed by atoms with Crippen molar-refractivity contribution in [1.29, 1.82) is 0 Å². The SMILES string of the molecule is CCCNc1cccc(CN(CC)C(C)C)n1. The molecule has 3 nitrogen and oxygen atoms in total. The summed E-state index contributed by atoms with van der Waals surface area (Å²) in [6.07, 6.45) is 1.12. The summed E-state index contributed by atoms with van der Waals surface area (Å²) < 4.78 is 0. The third kappa shape index (κ3) is 4.73. The minimum absolute atomic E-state index is 0.564. The van der Waals surface area contributed by atoms with Crippen molar-refractivity contribution in [2.75, 3.05) is 18.4 Å². The number of nitrogens with zero attached hydrogens (tertiary/aromatic N) is 2. The molecule has 96 valence electrons. The van der Waals surface area contributed by atoms with Crippen molar-refractivity contribution in [3.05, 3.63) is 23.9 Å². The lowest BCUT2D eigenvalue weighted by Crippen LogP contribution is -2.30. The minimum atomic E-state index is 0.564. The van der Waals surface area contributed by atoms with Crippen molar-refractivity contribution >= 4 is 5.82 Å². The van der Waals surface area contributed by atoms with E-state index in [1.165, 1.54) is 0 Å². The van der Waals surface area contributed by atoms with Crippen LogP contribution in [0.1, 0.15) is 39.8 Å². The van der Waals surface area contributed by atoms with E-state index in [-0.39, 0.29) is 0 Å². The molecule has 0 unspecified atom stereocenters. The van der Waals surface area contributed by atoms with Gasteiger partial charge in [0.2, 0.25) is 0 Å². The van der Waals surface area contributed by atoms with Gasteiger partial charge in [-0.15, -0.1) is 0 Å². The maximum Gasteiger partial charge on any atom is 0.126 e. The Bertz CT molecular complexity index is 323. The van der Waals surface area contributed by atoms with Gasteiger partial charge >= 0.3 is 0 Å². The minimum Gasteiger partial charge on any atom is -0.370 e. The first-order chi connectivity index (χ1) is 8.17. The maximum absolute atomic E-state index is 4.63. The Kier molecular flexibility index (Phi) is 5.98. The molecular weight excluding hydrogens is 210 g/mol. The Morgan fingerprint density at radius 2 is 2.06 bits per heavy atom. The normalized spacial score (nSPS) is 11.2. The van der Waals surface area contributed by atoms with Gasteiger partial charge in [-0.2, -0.15) is 0 Å². The molecule has 0 atom stereocenters. The van der Waals surface area contributed by atoms with Crippen molar-refractivity contribution in [2.45, 2.75) is 46.7 Å². The second kappa shape index (κ2) is 7.28. The Labute approximate surface area is 105 Å². The molecule has 1 aromatic heterocycles. The highest BCUT2D eigenvalue weighted by Crippen LogP contribution is 2.09. The molecule has 0 radical (unpaired) electrons. The van der Waals surface area contributed by atoms with E-state index in [2.05, 4.69) is 55.0 Å². The van der Waals surface area contributed by atoms with Crippen LogP contribution in [0.25, 0.3) is 0 Å². The standard InChI is InChI=1S/C14H25N3/c1-5-10-15-14-9-7-8-13(16-14)11-17(6-2)12(3)4/h7-9,12H,5-6,10-11H2,1-4H3,(H,15,16). The number of rotatable bonds is 7. The lowest BCUT2D eigenvalue weighted by molar-refractivity contribution is 0.222. The van der Waals surface area contributed by atoms with E-state index < -0.39 is 0 Å². The summed E-state index contributed by atoms with van der Waals surface area (Å²) in [7, 11) is 0. The van der Waals surface area contributed by atoms with E-state index in [4.69, 9.17) is 0 Å². The van der Waals surface area contributed by atoms with E-state index in [0.29, 0.717) is 6.04 Å². The highest BCUT2D eigenvalue weighted by Gasteiger charge is 2.08. The molecule has 0 saturated heterocycles. The maximum atomic E-state index is 4.63. The summed E-state index contributed by atoms with van der Waals surface area (Å²) in [5, 5.41) is 3.33. The lowest BCUT2D eigenvalue weighted by Gasteiger charge is -2.24. The van der Waals surface area contributed by atoms with Crippen LogP contribution >= 0.6 is 0 Å². The summed E-state index contributed by atoms with van der Waals surface area (Å²) in [6, 6.07) is 6.77. The van der Waals surface area contributed by atoms with Crippen LogP contribution in [0.2, 0.25) is 0 Å². The van der Waals surface area contributed by atoms with E-state index in [9.17, 15) is 0 Å².